The fourth-order valence-corrected chi connectivity index (χ4v) is 2.46. The molecule has 0 bridgehead atoms. The van der Waals surface area contributed by atoms with E-state index in [0.717, 1.165) is 24.7 Å². The lowest BCUT2D eigenvalue weighted by Gasteiger charge is -2.31. The van der Waals surface area contributed by atoms with Crippen LogP contribution in [-0.2, 0) is 0 Å². The Balaban J connectivity index is 2.20. The van der Waals surface area contributed by atoms with Crippen LogP contribution in [0.4, 0.5) is 5.69 Å². The van der Waals surface area contributed by atoms with Gasteiger partial charge in [-0.05, 0) is 36.6 Å². The average Bonchev–Trinajstić information content (AvgIpc) is 2.39. The largest absolute Gasteiger partial charge is 0.369 e. The number of anilines is 1. The standard InChI is InChI=1S/C14H21ClN2/c1-11-8-17(10-14(2,3)9-16-11)13-6-4-12(15)5-7-13/h4-7,11,16H,8-10H2,1-3H3. The number of halogens is 1. The lowest BCUT2D eigenvalue weighted by molar-refractivity contribution is 0.362. The molecule has 94 valence electrons. The number of benzene rings is 1. The quantitative estimate of drug-likeness (QED) is 0.826. The third-order valence-corrected chi connectivity index (χ3v) is 3.49. The number of hydrogen-bond donors (Lipinski definition) is 1. The molecule has 2 rings (SSSR count). The molecule has 1 unspecified atom stereocenters. The molecule has 1 aliphatic heterocycles. The molecule has 0 spiro atoms. The average molecular weight is 253 g/mol. The zero-order chi connectivity index (χ0) is 12.5. The predicted octanol–water partition coefficient (Wildman–Crippen LogP) is 3.16. The summed E-state index contributed by atoms with van der Waals surface area (Å²) in [6.07, 6.45) is 0. The fourth-order valence-electron chi connectivity index (χ4n) is 2.33. The Morgan fingerprint density at radius 2 is 1.94 bits per heavy atom. The second-order valence-electron chi connectivity index (χ2n) is 5.80. The summed E-state index contributed by atoms with van der Waals surface area (Å²) in [5.41, 5.74) is 1.56. The van der Waals surface area contributed by atoms with Crippen LogP contribution in [0.25, 0.3) is 0 Å². The fraction of sp³-hybridized carbons (Fsp3) is 0.571. The maximum absolute atomic E-state index is 5.94. The Morgan fingerprint density at radius 1 is 1.29 bits per heavy atom. The highest BCUT2D eigenvalue weighted by atomic mass is 35.5. The lowest BCUT2D eigenvalue weighted by atomic mass is 9.93. The predicted molar refractivity (Wildman–Crippen MR) is 74.9 cm³/mol. The van der Waals surface area contributed by atoms with Gasteiger partial charge in [-0.1, -0.05) is 25.4 Å². The van der Waals surface area contributed by atoms with E-state index in [1.54, 1.807) is 0 Å². The molecule has 2 nitrogen and oxygen atoms in total. The molecule has 0 aromatic heterocycles. The van der Waals surface area contributed by atoms with Crippen LogP contribution in [0.15, 0.2) is 24.3 Å². The van der Waals surface area contributed by atoms with Crippen LogP contribution in [-0.4, -0.2) is 25.7 Å². The lowest BCUT2D eigenvalue weighted by Crippen LogP contribution is -2.35. The molecule has 1 N–H and O–H groups in total. The summed E-state index contributed by atoms with van der Waals surface area (Å²) >= 11 is 5.94. The molecule has 0 radical (unpaired) electrons. The third-order valence-electron chi connectivity index (χ3n) is 3.23. The number of hydrogen-bond acceptors (Lipinski definition) is 2. The summed E-state index contributed by atoms with van der Waals surface area (Å²) in [5.74, 6) is 0. The second-order valence-corrected chi connectivity index (χ2v) is 6.24. The van der Waals surface area contributed by atoms with E-state index < -0.39 is 0 Å². The van der Waals surface area contributed by atoms with Crippen LogP contribution in [0.2, 0.25) is 5.02 Å². The minimum absolute atomic E-state index is 0.296. The van der Waals surface area contributed by atoms with Gasteiger partial charge in [0.15, 0.2) is 0 Å². The Labute approximate surface area is 109 Å². The summed E-state index contributed by atoms with van der Waals surface area (Å²) in [6, 6.07) is 8.67. The van der Waals surface area contributed by atoms with Gasteiger partial charge in [-0.15, -0.1) is 0 Å². The monoisotopic (exact) mass is 252 g/mol. The normalized spacial score (nSPS) is 24.5. The van der Waals surface area contributed by atoms with Gasteiger partial charge < -0.3 is 10.2 Å². The molecule has 17 heavy (non-hydrogen) atoms. The first-order chi connectivity index (χ1) is 7.96. The number of nitrogens with zero attached hydrogens (tertiary/aromatic N) is 1. The molecule has 1 aromatic rings. The van der Waals surface area contributed by atoms with Crippen molar-refractivity contribution >= 4 is 17.3 Å². The zero-order valence-corrected chi connectivity index (χ0v) is 11.6. The first-order valence-corrected chi connectivity index (χ1v) is 6.58. The number of nitrogens with one attached hydrogen (secondary N) is 1. The molecule has 1 heterocycles. The van der Waals surface area contributed by atoms with Gasteiger partial charge in [0.05, 0.1) is 0 Å². The Bertz CT molecular complexity index is 372. The van der Waals surface area contributed by atoms with E-state index in [1.807, 2.05) is 12.1 Å². The Morgan fingerprint density at radius 3 is 2.59 bits per heavy atom. The summed E-state index contributed by atoms with van der Waals surface area (Å²) in [5, 5.41) is 4.38. The van der Waals surface area contributed by atoms with E-state index in [0.29, 0.717) is 11.5 Å². The highest BCUT2D eigenvalue weighted by Crippen LogP contribution is 2.25. The van der Waals surface area contributed by atoms with Crippen LogP contribution in [0.5, 0.6) is 0 Å². The van der Waals surface area contributed by atoms with Gasteiger partial charge in [-0.3, -0.25) is 0 Å². The molecule has 1 aliphatic rings. The summed E-state index contributed by atoms with van der Waals surface area (Å²) in [4.78, 5) is 2.45. The Hall–Kier alpha value is -0.730. The molecule has 0 amide bonds. The maximum Gasteiger partial charge on any atom is 0.0407 e. The van der Waals surface area contributed by atoms with E-state index in [4.69, 9.17) is 11.6 Å². The molecule has 1 saturated heterocycles. The molecule has 1 atom stereocenters. The SMILES string of the molecule is CC1CN(c2ccc(Cl)cc2)CC(C)(C)CN1. The van der Waals surface area contributed by atoms with Crippen LogP contribution in [0.3, 0.4) is 0 Å². The molecule has 0 aliphatic carbocycles. The van der Waals surface area contributed by atoms with Crippen molar-refractivity contribution in [3.63, 3.8) is 0 Å². The summed E-state index contributed by atoms with van der Waals surface area (Å²) < 4.78 is 0. The van der Waals surface area contributed by atoms with Crippen LogP contribution >= 0.6 is 11.6 Å². The zero-order valence-electron chi connectivity index (χ0n) is 10.8. The van der Waals surface area contributed by atoms with Crippen molar-refractivity contribution in [2.75, 3.05) is 24.5 Å². The van der Waals surface area contributed by atoms with Crippen molar-refractivity contribution in [2.24, 2.45) is 5.41 Å². The van der Waals surface area contributed by atoms with Crippen molar-refractivity contribution in [1.82, 2.24) is 5.32 Å². The van der Waals surface area contributed by atoms with Gasteiger partial charge in [0.25, 0.3) is 0 Å². The molecular weight excluding hydrogens is 232 g/mol. The van der Waals surface area contributed by atoms with Crippen LogP contribution < -0.4 is 10.2 Å². The van der Waals surface area contributed by atoms with Gasteiger partial charge in [0, 0.05) is 36.4 Å². The van der Waals surface area contributed by atoms with Crippen molar-refractivity contribution in [3.05, 3.63) is 29.3 Å². The summed E-state index contributed by atoms with van der Waals surface area (Å²) in [7, 11) is 0. The maximum atomic E-state index is 5.94. The third kappa shape index (κ3) is 3.36. The molecule has 3 heteroatoms. The van der Waals surface area contributed by atoms with Crippen molar-refractivity contribution in [3.8, 4) is 0 Å². The van der Waals surface area contributed by atoms with E-state index in [1.165, 1.54) is 5.69 Å². The van der Waals surface area contributed by atoms with Crippen molar-refractivity contribution in [2.45, 2.75) is 26.8 Å². The summed E-state index contributed by atoms with van der Waals surface area (Å²) in [6.45, 7) is 10.0. The molecule has 1 aromatic carbocycles. The van der Waals surface area contributed by atoms with Crippen molar-refractivity contribution < 1.29 is 0 Å². The van der Waals surface area contributed by atoms with Gasteiger partial charge in [-0.2, -0.15) is 0 Å². The van der Waals surface area contributed by atoms with E-state index in [-0.39, 0.29) is 0 Å². The first-order valence-electron chi connectivity index (χ1n) is 6.20. The van der Waals surface area contributed by atoms with Crippen LogP contribution in [0, 0.1) is 5.41 Å². The number of rotatable bonds is 1. The molecule has 1 fully saturated rings. The minimum atomic E-state index is 0.296. The second kappa shape index (κ2) is 4.87. The molecular formula is C14H21ClN2. The topological polar surface area (TPSA) is 15.3 Å². The van der Waals surface area contributed by atoms with Gasteiger partial charge in [-0.25, -0.2) is 0 Å². The van der Waals surface area contributed by atoms with E-state index >= 15 is 0 Å². The molecule has 0 saturated carbocycles. The first kappa shape index (κ1) is 12.7. The van der Waals surface area contributed by atoms with Gasteiger partial charge in [0.1, 0.15) is 0 Å². The van der Waals surface area contributed by atoms with Gasteiger partial charge in [0.2, 0.25) is 0 Å². The minimum Gasteiger partial charge on any atom is -0.369 e. The van der Waals surface area contributed by atoms with Crippen molar-refractivity contribution in [1.29, 1.82) is 0 Å². The van der Waals surface area contributed by atoms with Crippen LogP contribution in [0.1, 0.15) is 20.8 Å². The highest BCUT2D eigenvalue weighted by molar-refractivity contribution is 6.30. The highest BCUT2D eigenvalue weighted by Gasteiger charge is 2.27. The van der Waals surface area contributed by atoms with E-state index in [2.05, 4.69) is 43.1 Å². The van der Waals surface area contributed by atoms with E-state index in [9.17, 15) is 0 Å². The Kier molecular flexibility index (Phi) is 3.64. The van der Waals surface area contributed by atoms with Gasteiger partial charge >= 0.3 is 0 Å². The smallest absolute Gasteiger partial charge is 0.0407 e.